The zero-order valence-electron chi connectivity index (χ0n) is 10.0. The molecule has 1 heterocycles. The van der Waals surface area contributed by atoms with Gasteiger partial charge in [0.2, 0.25) is 0 Å². The van der Waals surface area contributed by atoms with Crippen LogP contribution in [0.2, 0.25) is 0 Å². The van der Waals surface area contributed by atoms with Crippen molar-refractivity contribution in [2.75, 3.05) is 0 Å². The molecule has 2 rings (SSSR count). The number of aliphatic hydroxyl groups is 1. The summed E-state index contributed by atoms with van der Waals surface area (Å²) in [6, 6.07) is 7.68. The SMILES string of the molecule is CCc1[nH]n(-c2cccc(C)c2)c(=O)c1CO. The highest BCUT2D eigenvalue weighted by atomic mass is 16.3. The van der Waals surface area contributed by atoms with Crippen LogP contribution in [0.15, 0.2) is 29.1 Å². The zero-order valence-corrected chi connectivity index (χ0v) is 10.0. The molecule has 2 N–H and O–H groups in total. The van der Waals surface area contributed by atoms with Crippen LogP contribution in [0.5, 0.6) is 0 Å². The lowest BCUT2D eigenvalue weighted by molar-refractivity contribution is 0.279. The Morgan fingerprint density at radius 2 is 2.18 bits per heavy atom. The molecule has 0 fully saturated rings. The first-order chi connectivity index (χ1) is 8.17. The summed E-state index contributed by atoms with van der Waals surface area (Å²) in [7, 11) is 0. The second-order valence-corrected chi connectivity index (χ2v) is 4.06. The first-order valence-corrected chi connectivity index (χ1v) is 5.68. The molecular weight excluding hydrogens is 216 g/mol. The molecule has 0 saturated carbocycles. The summed E-state index contributed by atoms with van der Waals surface area (Å²) >= 11 is 0. The van der Waals surface area contributed by atoms with E-state index in [9.17, 15) is 9.90 Å². The molecule has 0 atom stereocenters. The topological polar surface area (TPSA) is 58.0 Å². The maximum absolute atomic E-state index is 12.1. The number of aromatic nitrogens is 2. The van der Waals surface area contributed by atoms with Gasteiger partial charge in [0.25, 0.3) is 5.56 Å². The molecule has 2 aromatic rings. The molecule has 0 aliphatic carbocycles. The molecule has 4 heteroatoms. The molecule has 1 aromatic heterocycles. The van der Waals surface area contributed by atoms with Crippen molar-refractivity contribution in [2.45, 2.75) is 26.9 Å². The van der Waals surface area contributed by atoms with Gasteiger partial charge in [-0.15, -0.1) is 0 Å². The number of benzene rings is 1. The van der Waals surface area contributed by atoms with Crippen molar-refractivity contribution < 1.29 is 5.11 Å². The van der Waals surface area contributed by atoms with E-state index in [1.165, 1.54) is 4.68 Å². The fourth-order valence-electron chi connectivity index (χ4n) is 1.92. The highest BCUT2D eigenvalue weighted by molar-refractivity contribution is 5.36. The number of rotatable bonds is 3. The van der Waals surface area contributed by atoms with Crippen molar-refractivity contribution >= 4 is 0 Å². The summed E-state index contributed by atoms with van der Waals surface area (Å²) in [4.78, 5) is 12.1. The number of nitrogens with one attached hydrogen (secondary N) is 1. The molecule has 0 aliphatic rings. The molecular formula is C13H16N2O2. The Labute approximate surface area is 99.5 Å². The third kappa shape index (κ3) is 2.03. The van der Waals surface area contributed by atoms with E-state index >= 15 is 0 Å². The van der Waals surface area contributed by atoms with Crippen LogP contribution in [0.25, 0.3) is 5.69 Å². The minimum absolute atomic E-state index is 0.171. The fraction of sp³-hybridized carbons (Fsp3) is 0.308. The number of hydrogen-bond acceptors (Lipinski definition) is 2. The lowest BCUT2D eigenvalue weighted by atomic mass is 10.2. The largest absolute Gasteiger partial charge is 0.391 e. The molecule has 0 spiro atoms. The van der Waals surface area contributed by atoms with E-state index in [-0.39, 0.29) is 12.2 Å². The molecule has 17 heavy (non-hydrogen) atoms. The average molecular weight is 232 g/mol. The van der Waals surface area contributed by atoms with Crippen LogP contribution in [0.3, 0.4) is 0 Å². The quantitative estimate of drug-likeness (QED) is 0.843. The molecule has 1 aromatic carbocycles. The highest BCUT2D eigenvalue weighted by Crippen LogP contribution is 2.10. The summed E-state index contributed by atoms with van der Waals surface area (Å²) in [5.74, 6) is 0. The Bertz CT molecular complexity index is 581. The molecule has 0 radical (unpaired) electrons. The van der Waals surface area contributed by atoms with Gasteiger partial charge in [-0.3, -0.25) is 9.89 Å². The normalized spacial score (nSPS) is 10.8. The zero-order chi connectivity index (χ0) is 12.4. The molecule has 0 bridgehead atoms. The second-order valence-electron chi connectivity index (χ2n) is 4.06. The van der Waals surface area contributed by atoms with Crippen LogP contribution in [0.1, 0.15) is 23.7 Å². The summed E-state index contributed by atoms with van der Waals surface area (Å²) in [6.07, 6.45) is 0.698. The third-order valence-electron chi connectivity index (χ3n) is 2.84. The van der Waals surface area contributed by atoms with Gasteiger partial charge in [-0.2, -0.15) is 0 Å². The van der Waals surface area contributed by atoms with Gasteiger partial charge in [-0.05, 0) is 31.0 Å². The Balaban J connectivity index is 2.61. The first-order valence-electron chi connectivity index (χ1n) is 5.68. The van der Waals surface area contributed by atoms with Gasteiger partial charge in [-0.25, -0.2) is 4.68 Å². The van der Waals surface area contributed by atoms with Gasteiger partial charge in [0.1, 0.15) is 0 Å². The van der Waals surface area contributed by atoms with Crippen LogP contribution >= 0.6 is 0 Å². The Kier molecular flexibility index (Phi) is 3.15. The average Bonchev–Trinajstić information content (AvgIpc) is 2.65. The minimum Gasteiger partial charge on any atom is -0.391 e. The molecule has 0 saturated heterocycles. The van der Waals surface area contributed by atoms with Gasteiger partial charge in [0, 0.05) is 5.69 Å². The Morgan fingerprint density at radius 1 is 1.41 bits per heavy atom. The van der Waals surface area contributed by atoms with E-state index in [1.54, 1.807) is 0 Å². The predicted octanol–water partition coefficient (Wildman–Crippen LogP) is 1.53. The van der Waals surface area contributed by atoms with Crippen molar-refractivity contribution in [3.05, 3.63) is 51.4 Å². The number of aromatic amines is 1. The van der Waals surface area contributed by atoms with E-state index in [4.69, 9.17) is 0 Å². The monoisotopic (exact) mass is 232 g/mol. The molecule has 0 amide bonds. The minimum atomic E-state index is -0.225. The number of aliphatic hydroxyl groups excluding tert-OH is 1. The summed E-state index contributed by atoms with van der Waals surface area (Å²) in [5.41, 5.74) is 2.96. The third-order valence-corrected chi connectivity index (χ3v) is 2.84. The van der Waals surface area contributed by atoms with Crippen molar-refractivity contribution in [1.82, 2.24) is 9.78 Å². The smallest absolute Gasteiger partial charge is 0.277 e. The molecule has 4 nitrogen and oxygen atoms in total. The van der Waals surface area contributed by atoms with Gasteiger partial charge < -0.3 is 5.11 Å². The van der Waals surface area contributed by atoms with Crippen molar-refractivity contribution in [1.29, 1.82) is 0 Å². The van der Waals surface area contributed by atoms with Crippen LogP contribution in [-0.2, 0) is 13.0 Å². The van der Waals surface area contributed by atoms with Gasteiger partial charge in [0.05, 0.1) is 17.9 Å². The highest BCUT2D eigenvalue weighted by Gasteiger charge is 2.12. The molecule has 0 unspecified atom stereocenters. The fourth-order valence-corrected chi connectivity index (χ4v) is 1.92. The Morgan fingerprint density at radius 3 is 2.71 bits per heavy atom. The lowest BCUT2D eigenvalue weighted by Gasteiger charge is -2.02. The van der Waals surface area contributed by atoms with E-state index < -0.39 is 0 Å². The van der Waals surface area contributed by atoms with Gasteiger partial charge in [0.15, 0.2) is 0 Å². The maximum atomic E-state index is 12.1. The summed E-state index contributed by atoms with van der Waals surface area (Å²) < 4.78 is 1.48. The van der Waals surface area contributed by atoms with Gasteiger partial charge >= 0.3 is 0 Å². The van der Waals surface area contributed by atoms with Crippen LogP contribution in [-0.4, -0.2) is 14.9 Å². The van der Waals surface area contributed by atoms with Crippen LogP contribution in [0.4, 0.5) is 0 Å². The van der Waals surface area contributed by atoms with Crippen LogP contribution < -0.4 is 5.56 Å². The van der Waals surface area contributed by atoms with E-state index in [2.05, 4.69) is 5.10 Å². The Hall–Kier alpha value is -1.81. The summed E-state index contributed by atoms with van der Waals surface area (Å²) in [6.45, 7) is 3.70. The van der Waals surface area contributed by atoms with Gasteiger partial charge in [-0.1, -0.05) is 19.1 Å². The van der Waals surface area contributed by atoms with E-state index in [1.807, 2.05) is 38.1 Å². The lowest BCUT2D eigenvalue weighted by Crippen LogP contribution is -2.17. The number of H-pyrrole nitrogens is 1. The van der Waals surface area contributed by atoms with E-state index in [0.717, 1.165) is 16.9 Å². The standard InChI is InChI=1S/C13H16N2O2/c1-3-12-11(8-16)13(17)15(14-12)10-6-4-5-9(2)7-10/h4-7,14,16H,3,8H2,1-2H3. The maximum Gasteiger partial charge on any atom is 0.277 e. The van der Waals surface area contributed by atoms with Crippen molar-refractivity contribution in [3.63, 3.8) is 0 Å². The summed E-state index contributed by atoms with van der Waals surface area (Å²) in [5, 5.41) is 12.3. The predicted molar refractivity (Wildman–Crippen MR) is 66.4 cm³/mol. The molecule has 0 aliphatic heterocycles. The first kappa shape index (κ1) is 11.7. The second kappa shape index (κ2) is 4.59. The van der Waals surface area contributed by atoms with Crippen molar-refractivity contribution in [3.8, 4) is 5.69 Å². The van der Waals surface area contributed by atoms with Crippen LogP contribution in [0, 0.1) is 6.92 Å². The molecule has 90 valence electrons. The number of hydrogen-bond donors (Lipinski definition) is 2. The number of aryl methyl sites for hydroxylation is 2. The van der Waals surface area contributed by atoms with E-state index in [0.29, 0.717) is 12.0 Å². The van der Waals surface area contributed by atoms with Crippen molar-refractivity contribution in [2.24, 2.45) is 0 Å². The number of nitrogens with zero attached hydrogens (tertiary/aromatic N) is 1.